The van der Waals surface area contributed by atoms with Gasteiger partial charge in [0.1, 0.15) is 0 Å². The van der Waals surface area contributed by atoms with Gasteiger partial charge in [0, 0.05) is 12.8 Å². The Kier molecular flexibility index (Phi) is 6.26. The van der Waals surface area contributed by atoms with Gasteiger partial charge in [0.15, 0.2) is 5.16 Å². The maximum atomic E-state index is 12.8. The van der Waals surface area contributed by atoms with E-state index in [1.54, 1.807) is 23.8 Å². The predicted octanol–water partition coefficient (Wildman–Crippen LogP) is 3.08. The molecule has 1 N–H and O–H groups in total. The first-order valence-corrected chi connectivity index (χ1v) is 9.55. The first-order chi connectivity index (χ1) is 13.1. The van der Waals surface area contributed by atoms with Crippen molar-refractivity contribution in [1.82, 2.24) is 9.55 Å². The van der Waals surface area contributed by atoms with Gasteiger partial charge < -0.3 is 10.1 Å². The summed E-state index contributed by atoms with van der Waals surface area (Å²) in [6, 6.07) is 14.8. The molecule has 0 spiro atoms. The van der Waals surface area contributed by atoms with Gasteiger partial charge in [0.05, 0.1) is 29.8 Å². The highest BCUT2D eigenvalue weighted by Crippen LogP contribution is 2.18. The zero-order chi connectivity index (χ0) is 19.2. The van der Waals surface area contributed by atoms with E-state index in [1.807, 2.05) is 43.3 Å². The lowest BCUT2D eigenvalue weighted by molar-refractivity contribution is -0.113. The zero-order valence-corrected chi connectivity index (χ0v) is 16.1. The second kappa shape index (κ2) is 8.83. The standard InChI is InChI=1S/C20H21N3O3S/c1-14-6-5-7-15(12-14)21-18(24)13-27-20-22-17-9-4-3-8-16(17)19(25)23(20)10-11-26-2/h3-9,12H,10-11,13H2,1-2H3,(H,21,24). The molecule has 2 aromatic carbocycles. The molecule has 140 valence electrons. The van der Waals surface area contributed by atoms with Crippen LogP contribution in [0.25, 0.3) is 10.9 Å². The van der Waals surface area contributed by atoms with Crippen molar-refractivity contribution in [2.75, 3.05) is 24.8 Å². The Hall–Kier alpha value is -2.64. The zero-order valence-electron chi connectivity index (χ0n) is 15.3. The third-order valence-electron chi connectivity index (χ3n) is 3.98. The molecule has 1 heterocycles. The maximum absolute atomic E-state index is 12.8. The number of amides is 1. The summed E-state index contributed by atoms with van der Waals surface area (Å²) in [6.07, 6.45) is 0. The average Bonchev–Trinajstić information content (AvgIpc) is 2.66. The van der Waals surface area contributed by atoms with Crippen LogP contribution in [0.3, 0.4) is 0 Å². The van der Waals surface area contributed by atoms with Crippen LogP contribution in [0, 0.1) is 6.92 Å². The Labute approximate surface area is 161 Å². The second-order valence-corrected chi connectivity index (χ2v) is 7.01. The number of aromatic nitrogens is 2. The molecule has 0 unspecified atom stereocenters. The highest BCUT2D eigenvalue weighted by atomic mass is 32.2. The summed E-state index contributed by atoms with van der Waals surface area (Å²) in [7, 11) is 1.58. The highest BCUT2D eigenvalue weighted by Gasteiger charge is 2.13. The van der Waals surface area contributed by atoms with Gasteiger partial charge in [-0.1, -0.05) is 36.0 Å². The van der Waals surface area contributed by atoms with E-state index >= 15 is 0 Å². The predicted molar refractivity (Wildman–Crippen MR) is 108 cm³/mol. The minimum Gasteiger partial charge on any atom is -0.383 e. The van der Waals surface area contributed by atoms with Crippen molar-refractivity contribution in [3.63, 3.8) is 0 Å². The van der Waals surface area contributed by atoms with Crippen molar-refractivity contribution >= 4 is 34.3 Å². The number of para-hydroxylation sites is 1. The normalized spacial score (nSPS) is 10.9. The Morgan fingerprint density at radius 1 is 1.22 bits per heavy atom. The van der Waals surface area contributed by atoms with E-state index in [2.05, 4.69) is 10.3 Å². The number of nitrogens with zero attached hydrogens (tertiary/aromatic N) is 2. The second-order valence-electron chi connectivity index (χ2n) is 6.07. The number of anilines is 1. The van der Waals surface area contributed by atoms with Crippen LogP contribution in [0.5, 0.6) is 0 Å². The van der Waals surface area contributed by atoms with E-state index in [0.717, 1.165) is 11.3 Å². The van der Waals surface area contributed by atoms with E-state index in [-0.39, 0.29) is 17.2 Å². The monoisotopic (exact) mass is 383 g/mol. The van der Waals surface area contributed by atoms with Gasteiger partial charge >= 0.3 is 0 Å². The highest BCUT2D eigenvalue weighted by molar-refractivity contribution is 7.99. The summed E-state index contributed by atoms with van der Waals surface area (Å²) in [4.78, 5) is 29.7. The number of carbonyl (C=O) groups excluding carboxylic acids is 1. The third-order valence-corrected chi connectivity index (χ3v) is 4.96. The van der Waals surface area contributed by atoms with Crippen LogP contribution in [-0.2, 0) is 16.1 Å². The number of thioether (sulfide) groups is 1. The maximum Gasteiger partial charge on any atom is 0.262 e. The van der Waals surface area contributed by atoms with Crippen molar-refractivity contribution in [2.24, 2.45) is 0 Å². The Balaban J connectivity index is 1.80. The van der Waals surface area contributed by atoms with Crippen molar-refractivity contribution in [1.29, 1.82) is 0 Å². The fourth-order valence-corrected chi connectivity index (χ4v) is 3.51. The molecular weight excluding hydrogens is 362 g/mol. The largest absolute Gasteiger partial charge is 0.383 e. The molecular formula is C20H21N3O3S. The van der Waals surface area contributed by atoms with E-state index in [9.17, 15) is 9.59 Å². The number of fused-ring (bicyclic) bond motifs is 1. The molecule has 3 aromatic rings. The fraction of sp³-hybridized carbons (Fsp3) is 0.250. The van der Waals surface area contributed by atoms with Crippen LogP contribution < -0.4 is 10.9 Å². The van der Waals surface area contributed by atoms with E-state index in [0.29, 0.717) is 29.2 Å². The lowest BCUT2D eigenvalue weighted by Crippen LogP contribution is -2.26. The molecule has 0 fully saturated rings. The Bertz CT molecular complexity index is 1020. The molecule has 7 heteroatoms. The fourth-order valence-electron chi connectivity index (χ4n) is 2.69. The molecule has 0 aliphatic carbocycles. The number of hydrogen-bond donors (Lipinski definition) is 1. The molecule has 27 heavy (non-hydrogen) atoms. The van der Waals surface area contributed by atoms with E-state index < -0.39 is 0 Å². The van der Waals surface area contributed by atoms with Gasteiger partial charge in [-0.3, -0.25) is 14.2 Å². The number of hydrogen-bond acceptors (Lipinski definition) is 5. The van der Waals surface area contributed by atoms with E-state index in [4.69, 9.17) is 4.74 Å². The van der Waals surface area contributed by atoms with Gasteiger partial charge in [-0.15, -0.1) is 0 Å². The van der Waals surface area contributed by atoms with Crippen LogP contribution in [-0.4, -0.2) is 34.9 Å². The Morgan fingerprint density at radius 2 is 2.04 bits per heavy atom. The molecule has 1 aromatic heterocycles. The Morgan fingerprint density at radius 3 is 2.81 bits per heavy atom. The molecule has 0 saturated heterocycles. The molecule has 0 saturated carbocycles. The first-order valence-electron chi connectivity index (χ1n) is 8.56. The smallest absolute Gasteiger partial charge is 0.262 e. The van der Waals surface area contributed by atoms with Gasteiger partial charge in [-0.25, -0.2) is 4.98 Å². The third kappa shape index (κ3) is 4.75. The SMILES string of the molecule is COCCn1c(SCC(=O)Nc2cccc(C)c2)nc2ccccc2c1=O. The van der Waals surface area contributed by atoms with Gasteiger partial charge in [-0.05, 0) is 36.8 Å². The van der Waals surface area contributed by atoms with Crippen molar-refractivity contribution in [3.8, 4) is 0 Å². The molecule has 0 bridgehead atoms. The van der Waals surface area contributed by atoms with Gasteiger partial charge in [0.2, 0.25) is 5.91 Å². The summed E-state index contributed by atoms with van der Waals surface area (Å²) < 4.78 is 6.67. The molecule has 0 radical (unpaired) electrons. The number of benzene rings is 2. The molecule has 3 rings (SSSR count). The summed E-state index contributed by atoms with van der Waals surface area (Å²) in [5, 5.41) is 3.93. The summed E-state index contributed by atoms with van der Waals surface area (Å²) in [6.45, 7) is 2.75. The lowest BCUT2D eigenvalue weighted by Gasteiger charge is -2.13. The van der Waals surface area contributed by atoms with Crippen molar-refractivity contribution in [3.05, 3.63) is 64.4 Å². The number of ether oxygens (including phenoxy) is 1. The number of rotatable bonds is 7. The summed E-state index contributed by atoms with van der Waals surface area (Å²) in [5.74, 6) is 0.0115. The van der Waals surface area contributed by atoms with Crippen LogP contribution >= 0.6 is 11.8 Å². The number of nitrogens with one attached hydrogen (secondary N) is 1. The van der Waals surface area contributed by atoms with Crippen LogP contribution in [0.1, 0.15) is 5.56 Å². The molecule has 6 nitrogen and oxygen atoms in total. The van der Waals surface area contributed by atoms with E-state index in [1.165, 1.54) is 11.8 Å². The van der Waals surface area contributed by atoms with Gasteiger partial charge in [0.25, 0.3) is 5.56 Å². The summed E-state index contributed by atoms with van der Waals surface area (Å²) in [5.41, 5.74) is 2.32. The molecule has 0 aliphatic heterocycles. The van der Waals surface area contributed by atoms with Crippen molar-refractivity contribution < 1.29 is 9.53 Å². The molecule has 0 aliphatic rings. The molecule has 1 amide bonds. The van der Waals surface area contributed by atoms with Crippen LogP contribution in [0.2, 0.25) is 0 Å². The molecule has 0 atom stereocenters. The van der Waals surface area contributed by atoms with Crippen molar-refractivity contribution in [2.45, 2.75) is 18.6 Å². The lowest BCUT2D eigenvalue weighted by atomic mass is 10.2. The summed E-state index contributed by atoms with van der Waals surface area (Å²) >= 11 is 1.24. The average molecular weight is 383 g/mol. The number of aryl methyl sites for hydroxylation is 1. The van der Waals surface area contributed by atoms with Crippen LogP contribution in [0.15, 0.2) is 58.5 Å². The van der Waals surface area contributed by atoms with Gasteiger partial charge in [-0.2, -0.15) is 0 Å². The minimum atomic E-state index is -0.147. The number of carbonyl (C=O) groups is 1. The first kappa shape index (κ1) is 19.1. The van der Waals surface area contributed by atoms with Crippen LogP contribution in [0.4, 0.5) is 5.69 Å². The number of methoxy groups -OCH3 is 1. The minimum absolute atomic E-state index is 0.126. The topological polar surface area (TPSA) is 73.2 Å². The quantitative estimate of drug-likeness (QED) is 0.501.